The van der Waals surface area contributed by atoms with Gasteiger partial charge >= 0.3 is 0 Å². The summed E-state index contributed by atoms with van der Waals surface area (Å²) in [6.45, 7) is 0.483. The second-order valence-corrected chi connectivity index (χ2v) is 7.61. The monoisotopic (exact) mass is 390 g/mol. The maximum absolute atomic E-state index is 12.5. The largest absolute Gasteiger partial charge is 0.352 e. The number of hydrogen-bond acceptors (Lipinski definition) is 3. The van der Waals surface area contributed by atoms with Crippen molar-refractivity contribution in [2.75, 3.05) is 11.9 Å². The van der Waals surface area contributed by atoms with E-state index in [1.165, 1.54) is 6.42 Å². The summed E-state index contributed by atoms with van der Waals surface area (Å²) in [6.07, 6.45) is 5.98. The molecule has 0 saturated heterocycles. The smallest absolute Gasteiger partial charge is 0.251 e. The van der Waals surface area contributed by atoms with Gasteiger partial charge in [0.15, 0.2) is 0 Å². The molecule has 0 radical (unpaired) electrons. The average molecular weight is 390 g/mol. The number of carbonyl (C=O) groups excluding carboxylic acids is 2. The van der Waals surface area contributed by atoms with Crippen LogP contribution in [0.15, 0.2) is 48.5 Å². The number of aromatic nitrogens is 2. The molecule has 0 unspecified atom stereocenters. The molecule has 3 aromatic rings. The highest BCUT2D eigenvalue weighted by atomic mass is 16.2. The standard InChI is InChI=1S/C23H26N4O2/c28-22(24-14-13-21-26-19-11-4-5-12-20(19)27-21)17-9-6-10-18(15-17)25-23(29)16-7-2-1-3-8-16/h4-6,9-12,15-16H,1-3,7-8,13-14H2,(H,24,28)(H,25,29)(H,26,27). The summed E-state index contributed by atoms with van der Waals surface area (Å²) in [5, 5.41) is 5.89. The molecule has 1 aromatic heterocycles. The molecule has 2 aromatic carbocycles. The fourth-order valence-electron chi connectivity index (χ4n) is 3.87. The molecule has 6 heteroatoms. The van der Waals surface area contributed by atoms with E-state index < -0.39 is 0 Å². The van der Waals surface area contributed by atoms with Gasteiger partial charge in [-0.15, -0.1) is 0 Å². The van der Waals surface area contributed by atoms with Crippen LogP contribution in [-0.4, -0.2) is 28.3 Å². The molecule has 6 nitrogen and oxygen atoms in total. The van der Waals surface area contributed by atoms with Crippen LogP contribution < -0.4 is 10.6 Å². The highest BCUT2D eigenvalue weighted by Crippen LogP contribution is 2.25. The minimum Gasteiger partial charge on any atom is -0.352 e. The molecule has 0 spiro atoms. The second kappa shape index (κ2) is 8.90. The number of fused-ring (bicyclic) bond motifs is 1. The van der Waals surface area contributed by atoms with Gasteiger partial charge in [-0.25, -0.2) is 4.98 Å². The van der Waals surface area contributed by atoms with Crippen LogP contribution in [0.4, 0.5) is 5.69 Å². The van der Waals surface area contributed by atoms with E-state index in [1.807, 2.05) is 30.3 Å². The summed E-state index contributed by atoms with van der Waals surface area (Å²) in [4.78, 5) is 32.7. The van der Waals surface area contributed by atoms with E-state index in [2.05, 4.69) is 20.6 Å². The predicted octanol–water partition coefficient (Wildman–Crippen LogP) is 4.05. The van der Waals surface area contributed by atoms with Crippen molar-refractivity contribution in [2.45, 2.75) is 38.5 Å². The number of amides is 2. The van der Waals surface area contributed by atoms with E-state index in [-0.39, 0.29) is 17.7 Å². The van der Waals surface area contributed by atoms with Gasteiger partial charge in [-0.2, -0.15) is 0 Å². The van der Waals surface area contributed by atoms with E-state index >= 15 is 0 Å². The number of para-hydroxylation sites is 2. The lowest BCUT2D eigenvalue weighted by Gasteiger charge is -2.20. The number of hydrogen-bond donors (Lipinski definition) is 3. The van der Waals surface area contributed by atoms with Gasteiger partial charge in [0.05, 0.1) is 11.0 Å². The average Bonchev–Trinajstić information content (AvgIpc) is 3.17. The molecule has 0 bridgehead atoms. The molecule has 3 N–H and O–H groups in total. The number of nitrogens with zero attached hydrogens (tertiary/aromatic N) is 1. The highest BCUT2D eigenvalue weighted by Gasteiger charge is 2.21. The van der Waals surface area contributed by atoms with E-state index in [0.29, 0.717) is 24.2 Å². The van der Waals surface area contributed by atoms with Gasteiger partial charge in [0, 0.05) is 30.1 Å². The topological polar surface area (TPSA) is 86.9 Å². The molecular weight excluding hydrogens is 364 g/mol. The van der Waals surface area contributed by atoms with Crippen molar-refractivity contribution < 1.29 is 9.59 Å². The Morgan fingerprint density at radius 1 is 1.03 bits per heavy atom. The van der Waals surface area contributed by atoms with E-state index in [4.69, 9.17) is 0 Å². The first kappa shape index (κ1) is 19.2. The first-order valence-electron chi connectivity index (χ1n) is 10.3. The Balaban J connectivity index is 1.31. The second-order valence-electron chi connectivity index (χ2n) is 7.61. The Hall–Kier alpha value is -3.15. The van der Waals surface area contributed by atoms with Crippen LogP contribution in [0, 0.1) is 5.92 Å². The molecule has 2 amide bonds. The Kier molecular flexibility index (Phi) is 5.89. The third kappa shape index (κ3) is 4.83. The third-order valence-corrected chi connectivity index (χ3v) is 5.45. The van der Waals surface area contributed by atoms with Gasteiger partial charge in [-0.3, -0.25) is 9.59 Å². The number of benzene rings is 2. The van der Waals surface area contributed by atoms with Crippen LogP contribution in [0.1, 0.15) is 48.3 Å². The molecule has 1 aliphatic rings. The number of nitrogens with one attached hydrogen (secondary N) is 3. The maximum Gasteiger partial charge on any atom is 0.251 e. The zero-order valence-corrected chi connectivity index (χ0v) is 16.4. The van der Waals surface area contributed by atoms with Crippen LogP contribution >= 0.6 is 0 Å². The lowest BCUT2D eigenvalue weighted by atomic mass is 9.88. The third-order valence-electron chi connectivity index (χ3n) is 5.45. The summed E-state index contributed by atoms with van der Waals surface area (Å²) >= 11 is 0. The Labute approximate surface area is 170 Å². The molecule has 4 rings (SSSR count). The van der Waals surface area contributed by atoms with Crippen LogP contribution in [0.5, 0.6) is 0 Å². The van der Waals surface area contributed by atoms with E-state index in [9.17, 15) is 9.59 Å². The van der Waals surface area contributed by atoms with E-state index in [1.54, 1.807) is 18.2 Å². The molecule has 1 heterocycles. The van der Waals surface area contributed by atoms with Crippen LogP contribution in [0.25, 0.3) is 11.0 Å². The van der Waals surface area contributed by atoms with Crippen molar-refractivity contribution in [3.05, 3.63) is 59.9 Å². The summed E-state index contributed by atoms with van der Waals surface area (Å²) in [6, 6.07) is 15.0. The van der Waals surface area contributed by atoms with Crippen LogP contribution in [0.2, 0.25) is 0 Å². The molecule has 1 aliphatic carbocycles. The number of H-pyrrole nitrogens is 1. The molecule has 0 atom stereocenters. The Morgan fingerprint density at radius 3 is 2.69 bits per heavy atom. The fourth-order valence-corrected chi connectivity index (χ4v) is 3.87. The molecular formula is C23H26N4O2. The normalized spacial score (nSPS) is 14.6. The first-order chi connectivity index (χ1) is 14.2. The highest BCUT2D eigenvalue weighted by molar-refractivity contribution is 5.97. The minimum absolute atomic E-state index is 0.0622. The van der Waals surface area contributed by atoms with Crippen molar-refractivity contribution in [1.82, 2.24) is 15.3 Å². The van der Waals surface area contributed by atoms with Crippen molar-refractivity contribution in [1.29, 1.82) is 0 Å². The van der Waals surface area contributed by atoms with Crippen LogP contribution in [-0.2, 0) is 11.2 Å². The van der Waals surface area contributed by atoms with Crippen molar-refractivity contribution in [3.8, 4) is 0 Å². The number of imidazole rings is 1. The maximum atomic E-state index is 12.5. The Morgan fingerprint density at radius 2 is 1.86 bits per heavy atom. The number of rotatable bonds is 6. The number of carbonyl (C=O) groups is 2. The number of aromatic amines is 1. The number of anilines is 1. The fraction of sp³-hybridized carbons (Fsp3) is 0.348. The predicted molar refractivity (Wildman–Crippen MR) is 114 cm³/mol. The Bertz CT molecular complexity index is 972. The van der Waals surface area contributed by atoms with Crippen molar-refractivity contribution >= 4 is 28.5 Å². The molecule has 1 fully saturated rings. The lowest BCUT2D eigenvalue weighted by Crippen LogP contribution is -2.27. The summed E-state index contributed by atoms with van der Waals surface area (Å²) < 4.78 is 0. The summed E-state index contributed by atoms with van der Waals surface area (Å²) in [7, 11) is 0. The molecule has 1 saturated carbocycles. The van der Waals surface area contributed by atoms with Gasteiger partial charge < -0.3 is 15.6 Å². The van der Waals surface area contributed by atoms with Gasteiger partial charge in [-0.1, -0.05) is 37.5 Å². The van der Waals surface area contributed by atoms with Crippen molar-refractivity contribution in [3.63, 3.8) is 0 Å². The van der Waals surface area contributed by atoms with Gasteiger partial charge in [0.1, 0.15) is 5.82 Å². The van der Waals surface area contributed by atoms with Gasteiger partial charge in [-0.05, 0) is 43.2 Å². The van der Waals surface area contributed by atoms with Crippen LogP contribution in [0.3, 0.4) is 0 Å². The van der Waals surface area contributed by atoms with Crippen molar-refractivity contribution in [2.24, 2.45) is 5.92 Å². The SMILES string of the molecule is O=C(NCCc1nc2ccccc2[nH]1)c1cccc(NC(=O)C2CCCCC2)c1. The quantitative estimate of drug-likeness (QED) is 0.593. The molecule has 29 heavy (non-hydrogen) atoms. The lowest BCUT2D eigenvalue weighted by molar-refractivity contribution is -0.120. The molecule has 0 aliphatic heterocycles. The van der Waals surface area contributed by atoms with Gasteiger partial charge in [0.2, 0.25) is 5.91 Å². The summed E-state index contributed by atoms with van der Waals surface area (Å²) in [5.74, 6) is 0.840. The van der Waals surface area contributed by atoms with Gasteiger partial charge in [0.25, 0.3) is 5.91 Å². The molecule has 150 valence electrons. The summed E-state index contributed by atoms with van der Waals surface area (Å²) in [5.41, 5.74) is 3.13. The minimum atomic E-state index is -0.158. The van der Waals surface area contributed by atoms with E-state index in [0.717, 1.165) is 42.5 Å². The zero-order chi connectivity index (χ0) is 20.1. The zero-order valence-electron chi connectivity index (χ0n) is 16.4. The first-order valence-corrected chi connectivity index (χ1v) is 10.3.